The number of aryl methyl sites for hydroxylation is 1. The van der Waals surface area contributed by atoms with Gasteiger partial charge in [-0.05, 0) is 30.7 Å². The molecular formula is C13H12Cl3N. The van der Waals surface area contributed by atoms with Crippen molar-refractivity contribution in [2.75, 3.05) is 0 Å². The number of halogens is 3. The van der Waals surface area contributed by atoms with E-state index >= 15 is 0 Å². The fourth-order valence-electron chi connectivity index (χ4n) is 1.48. The fraction of sp³-hybridized carbons (Fsp3) is 0.154. The van der Waals surface area contributed by atoms with Crippen LogP contribution in [0.5, 0.6) is 0 Å². The van der Waals surface area contributed by atoms with Crippen LogP contribution in [0.25, 0.3) is 0 Å². The molecule has 2 rings (SSSR count). The molecule has 17 heavy (non-hydrogen) atoms. The van der Waals surface area contributed by atoms with Crippen LogP contribution >= 0.6 is 23.2 Å². The Bertz CT molecular complexity index is 495. The van der Waals surface area contributed by atoms with Crippen LogP contribution in [0.4, 0.5) is 0 Å². The molecule has 0 saturated carbocycles. The normalized spacial score (nSPS) is 9.82. The van der Waals surface area contributed by atoms with Gasteiger partial charge < -0.3 is 12.4 Å². The van der Waals surface area contributed by atoms with E-state index in [2.05, 4.69) is 23.6 Å². The molecule has 1 aromatic carbocycles. The maximum Gasteiger partial charge on any atom is 0.175 e. The molecule has 0 unspecified atom stereocenters. The van der Waals surface area contributed by atoms with Gasteiger partial charge in [-0.15, -0.1) is 0 Å². The number of nitrogens with zero attached hydrogens (tertiary/aromatic N) is 1. The summed E-state index contributed by atoms with van der Waals surface area (Å²) >= 11 is 12.0. The van der Waals surface area contributed by atoms with Crippen molar-refractivity contribution in [2.45, 2.75) is 13.5 Å². The summed E-state index contributed by atoms with van der Waals surface area (Å²) in [5, 5.41) is 1.38. The third kappa shape index (κ3) is 3.88. The summed E-state index contributed by atoms with van der Waals surface area (Å²) in [5.74, 6) is 0. The number of hydrogen-bond donors (Lipinski definition) is 0. The maximum atomic E-state index is 6.11. The van der Waals surface area contributed by atoms with E-state index in [1.54, 1.807) is 6.07 Å². The maximum absolute atomic E-state index is 6.11. The summed E-state index contributed by atoms with van der Waals surface area (Å²) in [7, 11) is 0. The Labute approximate surface area is 117 Å². The van der Waals surface area contributed by atoms with Crippen molar-refractivity contribution in [3.63, 3.8) is 0 Å². The standard InChI is InChI=1S/C13H12Cl2N.ClH/c1-10-4-6-16(7-5-10)9-11-2-3-12(14)8-13(11)15;/h2-8H,9H2,1H3;1H/q+1;/p-1. The summed E-state index contributed by atoms with van der Waals surface area (Å²) in [6, 6.07) is 9.73. The molecule has 0 saturated heterocycles. The lowest BCUT2D eigenvalue weighted by Crippen LogP contribution is -3.00. The first kappa shape index (κ1) is 14.3. The molecule has 1 heterocycles. The zero-order valence-corrected chi connectivity index (χ0v) is 11.6. The predicted molar refractivity (Wildman–Crippen MR) is 66.9 cm³/mol. The van der Waals surface area contributed by atoms with Crippen molar-refractivity contribution in [2.24, 2.45) is 0 Å². The van der Waals surface area contributed by atoms with E-state index in [0.29, 0.717) is 10.0 Å². The van der Waals surface area contributed by atoms with E-state index in [0.717, 1.165) is 12.1 Å². The first-order valence-corrected chi connectivity index (χ1v) is 5.80. The smallest absolute Gasteiger partial charge is 0.175 e. The molecule has 1 nitrogen and oxygen atoms in total. The molecule has 0 radical (unpaired) electrons. The van der Waals surface area contributed by atoms with Gasteiger partial charge >= 0.3 is 0 Å². The van der Waals surface area contributed by atoms with Gasteiger partial charge in [-0.2, -0.15) is 0 Å². The van der Waals surface area contributed by atoms with Gasteiger partial charge in [0.1, 0.15) is 0 Å². The van der Waals surface area contributed by atoms with Crippen molar-refractivity contribution in [3.05, 3.63) is 63.9 Å². The average molecular weight is 289 g/mol. The lowest BCUT2D eigenvalue weighted by molar-refractivity contribution is -0.688. The zero-order chi connectivity index (χ0) is 11.5. The number of rotatable bonds is 2. The third-order valence-electron chi connectivity index (χ3n) is 2.43. The van der Waals surface area contributed by atoms with Crippen LogP contribution in [0.15, 0.2) is 42.7 Å². The first-order chi connectivity index (χ1) is 7.65. The Morgan fingerprint density at radius 1 is 1.06 bits per heavy atom. The number of aromatic nitrogens is 1. The molecule has 0 bridgehead atoms. The lowest BCUT2D eigenvalue weighted by Gasteiger charge is -2.01. The van der Waals surface area contributed by atoms with Gasteiger partial charge in [-0.3, -0.25) is 0 Å². The molecule has 0 aliphatic rings. The van der Waals surface area contributed by atoms with Gasteiger partial charge in [0, 0.05) is 22.7 Å². The van der Waals surface area contributed by atoms with Crippen LogP contribution in [-0.2, 0) is 6.54 Å². The Morgan fingerprint density at radius 3 is 2.29 bits per heavy atom. The number of hydrogen-bond acceptors (Lipinski definition) is 0. The van der Waals surface area contributed by atoms with E-state index in [1.807, 2.05) is 24.5 Å². The molecular weight excluding hydrogens is 277 g/mol. The van der Waals surface area contributed by atoms with E-state index in [9.17, 15) is 0 Å². The van der Waals surface area contributed by atoms with Gasteiger partial charge in [0.2, 0.25) is 0 Å². The van der Waals surface area contributed by atoms with Crippen LogP contribution in [0.2, 0.25) is 10.0 Å². The minimum atomic E-state index is 0. The molecule has 1 aromatic heterocycles. The number of benzene rings is 1. The summed E-state index contributed by atoms with van der Waals surface area (Å²) in [4.78, 5) is 0. The zero-order valence-electron chi connectivity index (χ0n) is 9.33. The van der Waals surface area contributed by atoms with Crippen LogP contribution in [0.3, 0.4) is 0 Å². The first-order valence-electron chi connectivity index (χ1n) is 5.05. The third-order valence-corrected chi connectivity index (χ3v) is 3.01. The molecule has 4 heteroatoms. The largest absolute Gasteiger partial charge is 1.00 e. The molecule has 0 spiro atoms. The lowest BCUT2D eigenvalue weighted by atomic mass is 10.2. The van der Waals surface area contributed by atoms with Crippen LogP contribution in [-0.4, -0.2) is 0 Å². The molecule has 90 valence electrons. The molecule has 0 amide bonds. The average Bonchev–Trinajstić information content (AvgIpc) is 2.25. The highest BCUT2D eigenvalue weighted by Crippen LogP contribution is 2.20. The highest BCUT2D eigenvalue weighted by Gasteiger charge is 2.06. The van der Waals surface area contributed by atoms with Gasteiger partial charge in [0.25, 0.3) is 0 Å². The highest BCUT2D eigenvalue weighted by atomic mass is 35.5. The van der Waals surface area contributed by atoms with Crippen molar-refractivity contribution < 1.29 is 17.0 Å². The summed E-state index contributed by atoms with van der Waals surface area (Å²) in [6.45, 7) is 2.83. The van der Waals surface area contributed by atoms with Gasteiger partial charge in [-0.1, -0.05) is 23.2 Å². The van der Waals surface area contributed by atoms with E-state index < -0.39 is 0 Å². The van der Waals surface area contributed by atoms with E-state index in [1.165, 1.54) is 5.56 Å². The molecule has 0 aliphatic carbocycles. The topological polar surface area (TPSA) is 3.88 Å². The second-order valence-electron chi connectivity index (χ2n) is 3.78. The summed E-state index contributed by atoms with van der Waals surface area (Å²) in [5.41, 5.74) is 2.32. The SMILES string of the molecule is Cc1cc[n+](Cc2ccc(Cl)cc2Cl)cc1.[Cl-]. The van der Waals surface area contributed by atoms with Crippen molar-refractivity contribution in [3.8, 4) is 0 Å². The monoisotopic (exact) mass is 287 g/mol. The van der Waals surface area contributed by atoms with Crippen LogP contribution in [0.1, 0.15) is 11.1 Å². The van der Waals surface area contributed by atoms with E-state index in [-0.39, 0.29) is 12.4 Å². The quantitative estimate of drug-likeness (QED) is 0.714. The minimum Gasteiger partial charge on any atom is -1.00 e. The summed E-state index contributed by atoms with van der Waals surface area (Å²) < 4.78 is 2.09. The van der Waals surface area contributed by atoms with Crippen molar-refractivity contribution in [1.82, 2.24) is 0 Å². The second kappa shape index (κ2) is 6.25. The second-order valence-corrected chi connectivity index (χ2v) is 4.63. The molecule has 0 N–H and O–H groups in total. The van der Waals surface area contributed by atoms with E-state index in [4.69, 9.17) is 23.2 Å². The Balaban J connectivity index is 0.00000144. The van der Waals surface area contributed by atoms with Crippen LogP contribution in [0, 0.1) is 6.92 Å². The molecule has 0 aliphatic heterocycles. The van der Waals surface area contributed by atoms with Gasteiger partial charge in [0.15, 0.2) is 18.9 Å². The van der Waals surface area contributed by atoms with Gasteiger partial charge in [-0.25, -0.2) is 4.57 Å². The predicted octanol–water partition coefficient (Wildman–Crippen LogP) is 0.642. The number of pyridine rings is 1. The Hall–Kier alpha value is -0.760. The van der Waals surface area contributed by atoms with Crippen molar-refractivity contribution in [1.29, 1.82) is 0 Å². The Morgan fingerprint density at radius 2 is 1.71 bits per heavy atom. The molecule has 2 aromatic rings. The molecule has 0 atom stereocenters. The highest BCUT2D eigenvalue weighted by molar-refractivity contribution is 6.35. The summed E-state index contributed by atoms with van der Waals surface area (Å²) in [6.07, 6.45) is 4.08. The molecule has 0 fully saturated rings. The van der Waals surface area contributed by atoms with Crippen molar-refractivity contribution >= 4 is 23.2 Å². The Kier molecular flexibility index (Phi) is 5.26. The minimum absolute atomic E-state index is 0. The van der Waals surface area contributed by atoms with Crippen LogP contribution < -0.4 is 17.0 Å². The van der Waals surface area contributed by atoms with Gasteiger partial charge in [0.05, 0.1) is 5.02 Å². The fourth-order valence-corrected chi connectivity index (χ4v) is 1.95.